The third kappa shape index (κ3) is 6.67. The molecule has 1 heterocycles. The third-order valence-corrected chi connectivity index (χ3v) is 8.66. The molecule has 28 heavy (non-hydrogen) atoms. The molecule has 1 amide bonds. The first-order valence-corrected chi connectivity index (χ1v) is 12.6. The third-order valence-electron chi connectivity index (χ3n) is 4.81. The van der Waals surface area contributed by atoms with Crippen molar-refractivity contribution in [3.63, 3.8) is 0 Å². The van der Waals surface area contributed by atoms with Crippen LogP contribution in [0.4, 0.5) is 0 Å². The number of nitrogens with one attached hydrogen (secondary N) is 1. The van der Waals surface area contributed by atoms with E-state index in [-0.39, 0.29) is 10.7 Å². The quantitative estimate of drug-likeness (QED) is 0.689. The van der Waals surface area contributed by atoms with E-state index < -0.39 is 20.8 Å². The van der Waals surface area contributed by atoms with Gasteiger partial charge in [-0.25, -0.2) is 8.42 Å². The van der Waals surface area contributed by atoms with Crippen LogP contribution in [0.25, 0.3) is 0 Å². The van der Waals surface area contributed by atoms with Crippen molar-refractivity contribution in [1.29, 1.82) is 0 Å². The molecule has 1 fully saturated rings. The van der Waals surface area contributed by atoms with Crippen LogP contribution in [0.15, 0.2) is 29.2 Å². The highest BCUT2D eigenvalue weighted by Crippen LogP contribution is 2.21. The second kappa shape index (κ2) is 9.98. The molecular weight excluding hydrogens is 396 g/mol. The van der Waals surface area contributed by atoms with Crippen molar-refractivity contribution in [2.45, 2.75) is 62.5 Å². The number of nitrogens with zero attached hydrogens (tertiary/aromatic N) is 1. The van der Waals surface area contributed by atoms with E-state index in [1.165, 1.54) is 0 Å². The summed E-state index contributed by atoms with van der Waals surface area (Å²) >= 11 is 0. The molecule has 1 aliphatic heterocycles. The van der Waals surface area contributed by atoms with Crippen LogP contribution < -0.4 is 5.32 Å². The number of benzene rings is 1. The fourth-order valence-corrected chi connectivity index (χ4v) is 5.43. The van der Waals surface area contributed by atoms with Gasteiger partial charge in [-0.3, -0.25) is 9.00 Å². The molecule has 1 aliphatic rings. The van der Waals surface area contributed by atoms with Crippen molar-refractivity contribution in [2.75, 3.05) is 25.4 Å². The summed E-state index contributed by atoms with van der Waals surface area (Å²) in [4.78, 5) is 12.3. The van der Waals surface area contributed by atoms with Gasteiger partial charge in [-0.05, 0) is 57.7 Å². The molecule has 0 aliphatic carbocycles. The lowest BCUT2D eigenvalue weighted by Crippen LogP contribution is -2.35. The van der Waals surface area contributed by atoms with E-state index in [1.807, 2.05) is 20.8 Å². The van der Waals surface area contributed by atoms with Crippen molar-refractivity contribution < 1.29 is 17.4 Å². The molecule has 1 aromatic carbocycles. The fraction of sp³-hybridized carbons (Fsp3) is 0.650. The molecule has 158 valence electrons. The molecule has 0 spiro atoms. The number of hydrogen-bond acceptors (Lipinski definition) is 4. The van der Waals surface area contributed by atoms with Crippen LogP contribution in [0, 0.1) is 0 Å². The molecular formula is C20H32N2O4S2. The minimum absolute atomic E-state index is 0.0871. The van der Waals surface area contributed by atoms with Crippen LogP contribution in [-0.4, -0.2) is 53.0 Å². The van der Waals surface area contributed by atoms with Crippen LogP contribution in [0.5, 0.6) is 0 Å². The number of piperidine rings is 1. The smallest absolute Gasteiger partial charge is 0.243 e. The van der Waals surface area contributed by atoms with E-state index >= 15 is 0 Å². The predicted octanol–water partition coefficient (Wildman–Crippen LogP) is 2.46. The normalized spacial score (nSPS) is 17.2. The van der Waals surface area contributed by atoms with Crippen LogP contribution in [0.1, 0.15) is 52.0 Å². The predicted molar refractivity (Wildman–Crippen MR) is 113 cm³/mol. The van der Waals surface area contributed by atoms with Gasteiger partial charge in [0.2, 0.25) is 15.9 Å². The monoisotopic (exact) mass is 428 g/mol. The average molecular weight is 429 g/mol. The second-order valence-electron chi connectivity index (χ2n) is 8.12. The average Bonchev–Trinajstić information content (AvgIpc) is 2.66. The van der Waals surface area contributed by atoms with Gasteiger partial charge in [0, 0.05) is 47.4 Å². The Labute approximate surface area is 171 Å². The number of carbonyl (C=O) groups is 1. The van der Waals surface area contributed by atoms with Crippen LogP contribution in [0.3, 0.4) is 0 Å². The Kier molecular flexibility index (Phi) is 8.21. The van der Waals surface area contributed by atoms with E-state index in [0.717, 1.165) is 24.8 Å². The highest BCUT2D eigenvalue weighted by Gasteiger charge is 2.25. The topological polar surface area (TPSA) is 83.5 Å². The van der Waals surface area contributed by atoms with E-state index in [0.29, 0.717) is 43.1 Å². The zero-order valence-electron chi connectivity index (χ0n) is 17.1. The first-order valence-electron chi connectivity index (χ1n) is 9.85. The fourth-order valence-electron chi connectivity index (χ4n) is 3.02. The summed E-state index contributed by atoms with van der Waals surface area (Å²) in [5.74, 6) is 0.356. The number of carbonyl (C=O) groups excluding carboxylic acids is 1. The van der Waals surface area contributed by atoms with Gasteiger partial charge in [-0.2, -0.15) is 4.31 Å². The molecule has 1 atom stereocenters. The summed E-state index contributed by atoms with van der Waals surface area (Å²) in [6, 6.07) is 6.81. The Morgan fingerprint density at radius 3 is 2.29 bits per heavy atom. The molecule has 2 rings (SSSR count). The SMILES string of the molecule is CC(C)(C)S(=O)CCNC(=O)CCc1ccc(S(=O)(=O)N2CCCCC2)cc1. The van der Waals surface area contributed by atoms with Crippen molar-refractivity contribution in [1.82, 2.24) is 9.62 Å². The van der Waals surface area contributed by atoms with E-state index in [1.54, 1.807) is 28.6 Å². The number of amides is 1. The Morgan fingerprint density at radius 2 is 1.71 bits per heavy atom. The first-order chi connectivity index (χ1) is 13.1. The van der Waals surface area contributed by atoms with Gasteiger partial charge in [0.15, 0.2) is 0 Å². The first kappa shape index (κ1) is 23.0. The summed E-state index contributed by atoms with van der Waals surface area (Å²) in [5, 5.41) is 2.80. The lowest BCUT2D eigenvalue weighted by atomic mass is 10.1. The highest BCUT2D eigenvalue weighted by atomic mass is 32.2. The maximum atomic E-state index is 12.6. The minimum atomic E-state index is -3.42. The van der Waals surface area contributed by atoms with Crippen molar-refractivity contribution in [3.05, 3.63) is 29.8 Å². The standard InChI is InChI=1S/C20H32N2O4S2/c1-20(2,3)27(24)16-13-21-19(23)12-9-17-7-10-18(11-8-17)28(25,26)22-14-5-4-6-15-22/h7-8,10-11H,4-6,9,12-16H2,1-3H3,(H,21,23). The van der Waals surface area contributed by atoms with Gasteiger partial charge >= 0.3 is 0 Å². The largest absolute Gasteiger partial charge is 0.355 e. The zero-order chi connectivity index (χ0) is 20.8. The Balaban J connectivity index is 1.81. The van der Waals surface area contributed by atoms with Gasteiger partial charge < -0.3 is 5.32 Å². The van der Waals surface area contributed by atoms with E-state index in [2.05, 4.69) is 5.32 Å². The number of hydrogen-bond donors (Lipinski definition) is 1. The van der Waals surface area contributed by atoms with Gasteiger partial charge in [-0.15, -0.1) is 0 Å². The molecule has 1 unspecified atom stereocenters. The summed E-state index contributed by atoms with van der Waals surface area (Å²) in [6.45, 7) is 7.32. The Hall–Kier alpha value is -1.25. The van der Waals surface area contributed by atoms with Crippen molar-refractivity contribution in [2.24, 2.45) is 0 Å². The van der Waals surface area contributed by atoms with Crippen LogP contribution in [0.2, 0.25) is 0 Å². The molecule has 1 N–H and O–H groups in total. The van der Waals surface area contributed by atoms with Gasteiger partial charge in [-0.1, -0.05) is 18.6 Å². The number of sulfonamides is 1. The zero-order valence-corrected chi connectivity index (χ0v) is 18.7. The van der Waals surface area contributed by atoms with Crippen molar-refractivity contribution >= 4 is 26.7 Å². The summed E-state index contributed by atoms with van der Waals surface area (Å²) in [7, 11) is -4.40. The summed E-state index contributed by atoms with van der Waals surface area (Å²) in [6.07, 6.45) is 3.77. The lowest BCUT2D eigenvalue weighted by Gasteiger charge is -2.25. The van der Waals surface area contributed by atoms with Crippen molar-refractivity contribution in [3.8, 4) is 0 Å². The molecule has 0 radical (unpaired) electrons. The molecule has 1 aromatic rings. The number of aryl methyl sites for hydroxylation is 1. The highest BCUT2D eigenvalue weighted by molar-refractivity contribution is 7.89. The molecule has 8 heteroatoms. The van der Waals surface area contributed by atoms with Gasteiger partial charge in [0.25, 0.3) is 0 Å². The molecule has 0 aromatic heterocycles. The molecule has 1 saturated heterocycles. The second-order valence-corrected chi connectivity index (χ2v) is 12.4. The molecule has 0 saturated carbocycles. The van der Waals surface area contributed by atoms with Crippen LogP contribution >= 0.6 is 0 Å². The molecule has 6 nitrogen and oxygen atoms in total. The number of rotatable bonds is 8. The van der Waals surface area contributed by atoms with Gasteiger partial charge in [0.05, 0.1) is 4.90 Å². The minimum Gasteiger partial charge on any atom is -0.355 e. The Bertz CT molecular complexity index is 777. The van der Waals surface area contributed by atoms with Gasteiger partial charge in [0.1, 0.15) is 0 Å². The van der Waals surface area contributed by atoms with E-state index in [4.69, 9.17) is 0 Å². The van der Waals surface area contributed by atoms with E-state index in [9.17, 15) is 17.4 Å². The lowest BCUT2D eigenvalue weighted by molar-refractivity contribution is -0.120. The maximum absolute atomic E-state index is 12.6. The molecule has 0 bridgehead atoms. The maximum Gasteiger partial charge on any atom is 0.243 e. The summed E-state index contributed by atoms with van der Waals surface area (Å²) < 4.78 is 38.5. The Morgan fingerprint density at radius 1 is 1.11 bits per heavy atom. The van der Waals surface area contributed by atoms with Crippen LogP contribution in [-0.2, 0) is 32.0 Å². The summed E-state index contributed by atoms with van der Waals surface area (Å²) in [5.41, 5.74) is 0.922.